The molecule has 6 heteroatoms. The number of ether oxygens (including phenoxy) is 1. The van der Waals surface area contributed by atoms with E-state index >= 15 is 0 Å². The highest BCUT2D eigenvalue weighted by Gasteiger charge is 2.07. The van der Waals surface area contributed by atoms with Crippen molar-refractivity contribution in [3.05, 3.63) is 64.7 Å². The summed E-state index contributed by atoms with van der Waals surface area (Å²) in [7, 11) is 0. The Labute approximate surface area is 139 Å². The van der Waals surface area contributed by atoms with Crippen LogP contribution in [-0.2, 0) is 11.3 Å². The van der Waals surface area contributed by atoms with Gasteiger partial charge in [0.15, 0.2) is 0 Å². The number of carbonyl (C=O) groups excluding carboxylic acids is 2. The lowest BCUT2D eigenvalue weighted by atomic mass is 10.1. The molecule has 0 aromatic heterocycles. The largest absolute Gasteiger partial charge is 0.462 e. The van der Waals surface area contributed by atoms with Crippen LogP contribution in [0.3, 0.4) is 0 Å². The minimum atomic E-state index is -0.358. The van der Waals surface area contributed by atoms with Gasteiger partial charge in [-0.1, -0.05) is 35.9 Å². The predicted molar refractivity (Wildman–Crippen MR) is 89.7 cm³/mol. The molecule has 0 aliphatic heterocycles. The van der Waals surface area contributed by atoms with Crippen molar-refractivity contribution in [2.75, 3.05) is 11.9 Å². The van der Waals surface area contributed by atoms with E-state index in [2.05, 4.69) is 10.6 Å². The maximum Gasteiger partial charge on any atom is 0.338 e. The number of esters is 1. The molecule has 0 saturated heterocycles. The number of benzene rings is 2. The second-order valence-electron chi connectivity index (χ2n) is 4.70. The zero-order valence-electron chi connectivity index (χ0n) is 12.6. The fourth-order valence-electron chi connectivity index (χ4n) is 1.88. The van der Waals surface area contributed by atoms with Crippen molar-refractivity contribution in [3.63, 3.8) is 0 Å². The first-order valence-corrected chi connectivity index (χ1v) is 7.53. The number of hydrogen-bond acceptors (Lipinski definition) is 3. The number of rotatable bonds is 5. The van der Waals surface area contributed by atoms with Crippen LogP contribution in [0.5, 0.6) is 0 Å². The Bertz CT molecular complexity index is 686. The maximum absolute atomic E-state index is 11.8. The average Bonchev–Trinajstić information content (AvgIpc) is 2.56. The van der Waals surface area contributed by atoms with E-state index in [1.165, 1.54) is 0 Å². The Morgan fingerprint density at radius 1 is 1.09 bits per heavy atom. The summed E-state index contributed by atoms with van der Waals surface area (Å²) >= 11 is 5.97. The second-order valence-corrected chi connectivity index (χ2v) is 5.11. The summed E-state index contributed by atoms with van der Waals surface area (Å²) in [6, 6.07) is 13.5. The highest BCUT2D eigenvalue weighted by Crippen LogP contribution is 2.20. The summed E-state index contributed by atoms with van der Waals surface area (Å²) in [5.74, 6) is -0.358. The first-order chi connectivity index (χ1) is 11.1. The number of amides is 2. The molecule has 2 rings (SSSR count). The van der Waals surface area contributed by atoms with E-state index in [-0.39, 0.29) is 12.0 Å². The minimum Gasteiger partial charge on any atom is -0.462 e. The molecule has 5 nitrogen and oxygen atoms in total. The monoisotopic (exact) mass is 332 g/mol. The number of para-hydroxylation sites is 1. The van der Waals surface area contributed by atoms with Crippen molar-refractivity contribution in [2.24, 2.45) is 0 Å². The maximum atomic E-state index is 11.8. The van der Waals surface area contributed by atoms with E-state index < -0.39 is 0 Å². The van der Waals surface area contributed by atoms with Crippen LogP contribution in [-0.4, -0.2) is 18.6 Å². The van der Waals surface area contributed by atoms with Crippen molar-refractivity contribution < 1.29 is 14.3 Å². The van der Waals surface area contributed by atoms with Gasteiger partial charge < -0.3 is 15.4 Å². The molecule has 0 bridgehead atoms. The molecule has 0 fully saturated rings. The van der Waals surface area contributed by atoms with Crippen LogP contribution in [0.15, 0.2) is 48.5 Å². The van der Waals surface area contributed by atoms with E-state index in [9.17, 15) is 9.59 Å². The van der Waals surface area contributed by atoms with Crippen LogP contribution >= 0.6 is 11.6 Å². The third-order valence-electron chi connectivity index (χ3n) is 3.04. The van der Waals surface area contributed by atoms with Crippen LogP contribution in [0.2, 0.25) is 5.02 Å². The van der Waals surface area contributed by atoms with E-state index in [0.717, 1.165) is 5.56 Å². The molecule has 0 saturated carbocycles. The molecule has 0 radical (unpaired) electrons. The first-order valence-electron chi connectivity index (χ1n) is 7.15. The molecule has 0 aliphatic rings. The molecular formula is C17H17ClN2O3. The number of hydrogen-bond donors (Lipinski definition) is 2. The van der Waals surface area contributed by atoms with Gasteiger partial charge in [0.2, 0.25) is 0 Å². The Kier molecular flexibility index (Phi) is 6.00. The van der Waals surface area contributed by atoms with E-state index in [1.54, 1.807) is 55.5 Å². The van der Waals surface area contributed by atoms with Crippen molar-refractivity contribution in [2.45, 2.75) is 13.5 Å². The van der Waals surface area contributed by atoms with Crippen LogP contribution in [0, 0.1) is 0 Å². The van der Waals surface area contributed by atoms with Gasteiger partial charge in [-0.05, 0) is 36.8 Å². The summed E-state index contributed by atoms with van der Waals surface area (Å²) in [5, 5.41) is 5.87. The fourth-order valence-corrected chi connectivity index (χ4v) is 2.07. The zero-order chi connectivity index (χ0) is 16.7. The van der Waals surface area contributed by atoms with Gasteiger partial charge in [0.05, 0.1) is 22.9 Å². The SMILES string of the molecule is CCOC(=O)c1ccc(CNC(=O)Nc2ccccc2Cl)cc1. The molecule has 2 amide bonds. The first kappa shape index (κ1) is 16.8. The third kappa shape index (κ3) is 5.00. The third-order valence-corrected chi connectivity index (χ3v) is 3.37. The van der Waals surface area contributed by atoms with Gasteiger partial charge in [0, 0.05) is 6.54 Å². The molecule has 23 heavy (non-hydrogen) atoms. The molecule has 0 atom stereocenters. The highest BCUT2D eigenvalue weighted by molar-refractivity contribution is 6.33. The molecule has 0 spiro atoms. The van der Waals surface area contributed by atoms with Crippen LogP contribution in [0.4, 0.5) is 10.5 Å². The number of carbonyl (C=O) groups is 2. The van der Waals surface area contributed by atoms with Crippen LogP contribution in [0.1, 0.15) is 22.8 Å². The average molecular weight is 333 g/mol. The Morgan fingerprint density at radius 2 is 1.78 bits per heavy atom. The van der Waals surface area contributed by atoms with E-state index in [1.807, 2.05) is 0 Å². The van der Waals surface area contributed by atoms with Crippen molar-refractivity contribution in [1.82, 2.24) is 5.32 Å². The Balaban J connectivity index is 1.87. The smallest absolute Gasteiger partial charge is 0.338 e. The van der Waals surface area contributed by atoms with Gasteiger partial charge in [0.1, 0.15) is 0 Å². The van der Waals surface area contributed by atoms with Gasteiger partial charge in [0.25, 0.3) is 0 Å². The number of halogens is 1. The zero-order valence-corrected chi connectivity index (χ0v) is 13.4. The summed E-state index contributed by atoms with van der Waals surface area (Å²) < 4.78 is 4.91. The summed E-state index contributed by atoms with van der Waals surface area (Å²) in [5.41, 5.74) is 1.90. The van der Waals surface area contributed by atoms with Gasteiger partial charge in [-0.2, -0.15) is 0 Å². The lowest BCUT2D eigenvalue weighted by Gasteiger charge is -2.09. The lowest BCUT2D eigenvalue weighted by molar-refractivity contribution is 0.0526. The number of nitrogens with one attached hydrogen (secondary N) is 2. The molecule has 0 heterocycles. The molecule has 0 unspecified atom stereocenters. The van der Waals surface area contributed by atoms with Gasteiger partial charge in [-0.3, -0.25) is 0 Å². The second kappa shape index (κ2) is 8.19. The van der Waals surface area contributed by atoms with Crippen LogP contribution < -0.4 is 10.6 Å². The topological polar surface area (TPSA) is 67.4 Å². The van der Waals surface area contributed by atoms with Crippen molar-refractivity contribution in [3.8, 4) is 0 Å². The molecule has 2 aromatic carbocycles. The summed E-state index contributed by atoms with van der Waals surface area (Å²) in [4.78, 5) is 23.4. The van der Waals surface area contributed by atoms with Gasteiger partial charge in [-0.15, -0.1) is 0 Å². The Hall–Kier alpha value is -2.53. The van der Waals surface area contributed by atoms with Gasteiger partial charge >= 0.3 is 12.0 Å². The summed E-state index contributed by atoms with van der Waals surface area (Å²) in [6.45, 7) is 2.43. The fraction of sp³-hybridized carbons (Fsp3) is 0.176. The molecule has 120 valence electrons. The highest BCUT2D eigenvalue weighted by atomic mass is 35.5. The van der Waals surface area contributed by atoms with E-state index in [0.29, 0.717) is 29.4 Å². The van der Waals surface area contributed by atoms with Crippen LogP contribution in [0.25, 0.3) is 0 Å². The Morgan fingerprint density at radius 3 is 2.43 bits per heavy atom. The molecule has 2 N–H and O–H groups in total. The standard InChI is InChI=1S/C17H17ClN2O3/c1-2-23-16(21)13-9-7-12(8-10-13)11-19-17(22)20-15-6-4-3-5-14(15)18/h3-10H,2,11H2,1H3,(H2,19,20,22). The number of anilines is 1. The normalized spacial score (nSPS) is 10.0. The molecular weight excluding hydrogens is 316 g/mol. The van der Waals surface area contributed by atoms with Crippen molar-refractivity contribution in [1.29, 1.82) is 0 Å². The quantitative estimate of drug-likeness (QED) is 0.817. The molecule has 0 aliphatic carbocycles. The van der Waals surface area contributed by atoms with Gasteiger partial charge in [-0.25, -0.2) is 9.59 Å². The number of urea groups is 1. The lowest BCUT2D eigenvalue weighted by Crippen LogP contribution is -2.28. The predicted octanol–water partition coefficient (Wildman–Crippen LogP) is 3.84. The van der Waals surface area contributed by atoms with E-state index in [4.69, 9.17) is 16.3 Å². The molecule has 2 aromatic rings. The van der Waals surface area contributed by atoms with Crippen molar-refractivity contribution >= 4 is 29.3 Å². The summed E-state index contributed by atoms with van der Waals surface area (Å²) in [6.07, 6.45) is 0. The minimum absolute atomic E-state index is 0.333.